The van der Waals surface area contributed by atoms with E-state index in [1.54, 1.807) is 6.07 Å². The highest BCUT2D eigenvalue weighted by Crippen LogP contribution is 2.33. The lowest BCUT2D eigenvalue weighted by atomic mass is 10.1. The van der Waals surface area contributed by atoms with Crippen LogP contribution in [0, 0.1) is 6.92 Å². The minimum Gasteiger partial charge on any atom is -0.423 e. The van der Waals surface area contributed by atoms with Crippen LogP contribution in [0.4, 0.5) is 0 Å². The van der Waals surface area contributed by atoms with E-state index in [2.05, 4.69) is 31.9 Å². The zero-order chi connectivity index (χ0) is 11.0. The highest BCUT2D eigenvalue weighted by molar-refractivity contribution is 9.24. The van der Waals surface area contributed by atoms with E-state index in [9.17, 15) is 4.79 Å². The van der Waals surface area contributed by atoms with Crippen LogP contribution in [0.2, 0.25) is 0 Å². The van der Waals surface area contributed by atoms with E-state index in [4.69, 9.17) is 4.42 Å². The average Bonchev–Trinajstić information content (AvgIpc) is 2.15. The maximum Gasteiger partial charge on any atom is 0.336 e. The van der Waals surface area contributed by atoms with Crippen molar-refractivity contribution in [2.75, 3.05) is 0 Å². The number of alkyl halides is 2. The van der Waals surface area contributed by atoms with E-state index in [1.165, 1.54) is 6.07 Å². The summed E-state index contributed by atoms with van der Waals surface area (Å²) in [7, 11) is 0. The lowest BCUT2D eigenvalue weighted by Gasteiger charge is -2.07. The van der Waals surface area contributed by atoms with Gasteiger partial charge in [0.05, 0.1) is 3.74 Å². The monoisotopic (exact) mass is 330 g/mol. The number of fused-ring (bicyclic) bond motifs is 1. The van der Waals surface area contributed by atoms with Gasteiger partial charge in [-0.15, -0.1) is 0 Å². The van der Waals surface area contributed by atoms with Gasteiger partial charge in [-0.05, 0) is 36.2 Å². The van der Waals surface area contributed by atoms with Crippen molar-refractivity contribution in [3.05, 3.63) is 45.8 Å². The Morgan fingerprint density at radius 3 is 2.67 bits per heavy atom. The first-order valence-corrected chi connectivity index (χ1v) is 6.23. The Morgan fingerprint density at radius 2 is 2.00 bits per heavy atom. The van der Waals surface area contributed by atoms with Gasteiger partial charge in [0.15, 0.2) is 0 Å². The molecule has 0 saturated heterocycles. The van der Waals surface area contributed by atoms with Gasteiger partial charge >= 0.3 is 5.63 Å². The molecule has 1 aromatic carbocycles. The fourth-order valence-corrected chi connectivity index (χ4v) is 2.46. The molecule has 0 bridgehead atoms. The summed E-state index contributed by atoms with van der Waals surface area (Å²) in [5.41, 5.74) is 2.53. The fourth-order valence-electron chi connectivity index (χ4n) is 1.47. The molecule has 0 radical (unpaired) electrons. The Morgan fingerprint density at radius 1 is 1.27 bits per heavy atom. The van der Waals surface area contributed by atoms with Gasteiger partial charge in [0.1, 0.15) is 5.58 Å². The predicted molar refractivity (Wildman–Crippen MR) is 67.8 cm³/mol. The summed E-state index contributed by atoms with van der Waals surface area (Å²) in [5.74, 6) is 0. The molecule has 2 rings (SSSR count). The summed E-state index contributed by atoms with van der Waals surface area (Å²) < 4.78 is 5.20. The van der Waals surface area contributed by atoms with Gasteiger partial charge in [-0.1, -0.05) is 31.9 Å². The fraction of sp³-hybridized carbons (Fsp3) is 0.182. The summed E-state index contributed by atoms with van der Waals surface area (Å²) in [6.45, 7) is 1.98. The number of hydrogen-bond donors (Lipinski definition) is 0. The molecule has 15 heavy (non-hydrogen) atoms. The molecule has 4 heteroatoms. The third-order valence-corrected chi connectivity index (χ3v) is 3.23. The van der Waals surface area contributed by atoms with Crippen molar-refractivity contribution in [1.29, 1.82) is 0 Å². The molecular weight excluding hydrogens is 324 g/mol. The maximum atomic E-state index is 11.0. The third-order valence-electron chi connectivity index (χ3n) is 2.24. The molecule has 0 aliphatic rings. The molecule has 0 saturated carbocycles. The van der Waals surface area contributed by atoms with Gasteiger partial charge < -0.3 is 4.42 Å². The third kappa shape index (κ3) is 2.16. The summed E-state index contributed by atoms with van der Waals surface area (Å²) in [5, 5.41) is 0.930. The summed E-state index contributed by atoms with van der Waals surface area (Å²) in [6, 6.07) is 7.08. The Labute approximate surface area is 104 Å². The number of rotatable bonds is 1. The SMILES string of the molecule is Cc1cc2oc(=O)ccc2cc1C(Br)Br. The summed E-state index contributed by atoms with van der Waals surface area (Å²) in [4.78, 5) is 11.0. The van der Waals surface area contributed by atoms with Crippen LogP contribution in [0.1, 0.15) is 14.9 Å². The molecule has 0 unspecified atom stereocenters. The van der Waals surface area contributed by atoms with Crippen molar-refractivity contribution in [2.45, 2.75) is 10.7 Å². The minimum atomic E-state index is -0.316. The molecule has 1 aromatic heterocycles. The summed E-state index contributed by atoms with van der Waals surface area (Å²) in [6.07, 6.45) is 0. The average molecular weight is 332 g/mol. The van der Waals surface area contributed by atoms with Gasteiger partial charge in [-0.3, -0.25) is 0 Å². The molecule has 0 aliphatic heterocycles. The van der Waals surface area contributed by atoms with Crippen LogP contribution in [0.25, 0.3) is 11.0 Å². The van der Waals surface area contributed by atoms with E-state index in [-0.39, 0.29) is 9.36 Å². The van der Waals surface area contributed by atoms with Crippen LogP contribution < -0.4 is 5.63 Å². The van der Waals surface area contributed by atoms with E-state index >= 15 is 0 Å². The molecule has 0 atom stereocenters. The predicted octanol–water partition coefficient (Wildman–Crippen LogP) is 3.89. The molecule has 1 heterocycles. The lowest BCUT2D eigenvalue weighted by Crippen LogP contribution is -1.96. The van der Waals surface area contributed by atoms with Crippen LogP contribution >= 0.6 is 31.9 Å². The largest absolute Gasteiger partial charge is 0.423 e. The smallest absolute Gasteiger partial charge is 0.336 e. The molecule has 0 amide bonds. The first-order chi connectivity index (χ1) is 7.08. The number of benzene rings is 1. The zero-order valence-electron chi connectivity index (χ0n) is 7.96. The van der Waals surface area contributed by atoms with Crippen molar-refractivity contribution in [3.63, 3.8) is 0 Å². The molecule has 0 aliphatic carbocycles. The second-order valence-corrected chi connectivity index (χ2v) is 6.36. The quantitative estimate of drug-likeness (QED) is 0.586. The Hall–Kier alpha value is -0.610. The molecule has 78 valence electrons. The normalized spacial score (nSPS) is 11.2. The van der Waals surface area contributed by atoms with Crippen molar-refractivity contribution < 1.29 is 4.42 Å². The van der Waals surface area contributed by atoms with Gasteiger partial charge in [-0.2, -0.15) is 0 Å². The zero-order valence-corrected chi connectivity index (χ0v) is 11.1. The van der Waals surface area contributed by atoms with Crippen molar-refractivity contribution >= 4 is 42.8 Å². The van der Waals surface area contributed by atoms with E-state index in [0.717, 1.165) is 16.5 Å². The van der Waals surface area contributed by atoms with Crippen LogP contribution in [0.3, 0.4) is 0 Å². The minimum absolute atomic E-state index is 0.112. The first kappa shape index (κ1) is 10.9. The van der Waals surface area contributed by atoms with Gasteiger partial charge in [0, 0.05) is 11.5 Å². The highest BCUT2D eigenvalue weighted by Gasteiger charge is 2.08. The highest BCUT2D eigenvalue weighted by atomic mass is 79.9. The Kier molecular flexibility index (Phi) is 2.98. The van der Waals surface area contributed by atoms with E-state index in [0.29, 0.717) is 5.58 Å². The Bertz CT molecular complexity index is 558. The van der Waals surface area contributed by atoms with Crippen LogP contribution in [-0.4, -0.2) is 0 Å². The number of halogens is 2. The maximum absolute atomic E-state index is 11.0. The molecule has 0 fully saturated rings. The summed E-state index contributed by atoms with van der Waals surface area (Å²) >= 11 is 6.92. The van der Waals surface area contributed by atoms with Crippen LogP contribution in [0.5, 0.6) is 0 Å². The molecule has 0 N–H and O–H groups in total. The standard InChI is InChI=1S/C11H8Br2O2/c1-6-4-9-7(2-3-10(14)15-9)5-8(6)11(12)13/h2-5,11H,1H3. The van der Waals surface area contributed by atoms with Crippen molar-refractivity contribution in [2.24, 2.45) is 0 Å². The number of hydrogen-bond acceptors (Lipinski definition) is 2. The van der Waals surface area contributed by atoms with Crippen molar-refractivity contribution in [3.8, 4) is 0 Å². The molecule has 2 nitrogen and oxygen atoms in total. The van der Waals surface area contributed by atoms with Gasteiger partial charge in [-0.25, -0.2) is 4.79 Å². The van der Waals surface area contributed by atoms with Gasteiger partial charge in [0.2, 0.25) is 0 Å². The second-order valence-electron chi connectivity index (χ2n) is 3.30. The first-order valence-electron chi connectivity index (χ1n) is 4.40. The molecular formula is C11H8Br2O2. The number of aryl methyl sites for hydroxylation is 1. The topological polar surface area (TPSA) is 30.2 Å². The second kappa shape index (κ2) is 4.10. The lowest BCUT2D eigenvalue weighted by molar-refractivity contribution is 0.560. The van der Waals surface area contributed by atoms with Crippen molar-refractivity contribution in [1.82, 2.24) is 0 Å². The van der Waals surface area contributed by atoms with E-state index < -0.39 is 0 Å². The van der Waals surface area contributed by atoms with Crippen LogP contribution in [0.15, 0.2) is 33.5 Å². The van der Waals surface area contributed by atoms with E-state index in [1.807, 2.05) is 19.1 Å². The van der Waals surface area contributed by atoms with Gasteiger partial charge in [0.25, 0.3) is 0 Å². The molecule has 0 spiro atoms. The molecule has 2 aromatic rings. The Balaban J connectivity index is 2.76. The van der Waals surface area contributed by atoms with Crippen LogP contribution in [-0.2, 0) is 0 Å².